The largest absolute Gasteiger partial charge is 0.486 e. The molecule has 21 heavy (non-hydrogen) atoms. The van der Waals surface area contributed by atoms with E-state index in [2.05, 4.69) is 0 Å². The number of rotatable bonds is 2. The van der Waals surface area contributed by atoms with Crippen molar-refractivity contribution in [1.82, 2.24) is 4.90 Å². The summed E-state index contributed by atoms with van der Waals surface area (Å²) in [5.74, 6) is 1.27. The molecule has 0 aromatic heterocycles. The Kier molecular flexibility index (Phi) is 4.22. The number of nitrogens with zero attached hydrogens (tertiary/aromatic N) is 1. The van der Waals surface area contributed by atoms with Crippen LogP contribution in [-0.2, 0) is 16.0 Å². The lowest BCUT2D eigenvalue weighted by Gasteiger charge is -2.31. The van der Waals surface area contributed by atoms with Crippen LogP contribution in [0, 0.1) is 0 Å². The maximum atomic E-state index is 12.3. The van der Waals surface area contributed by atoms with Gasteiger partial charge in [-0.25, -0.2) is 0 Å². The number of ether oxygens (including phenoxy) is 3. The van der Waals surface area contributed by atoms with Gasteiger partial charge >= 0.3 is 0 Å². The van der Waals surface area contributed by atoms with E-state index in [0.29, 0.717) is 55.9 Å². The van der Waals surface area contributed by atoms with Crippen LogP contribution in [0.25, 0.3) is 0 Å². The second-order valence-electron chi connectivity index (χ2n) is 5.30. The quantitative estimate of drug-likeness (QED) is 0.837. The Hall–Kier alpha value is -1.46. The van der Waals surface area contributed by atoms with Gasteiger partial charge in [-0.1, -0.05) is 11.6 Å². The minimum atomic E-state index is 0.0814. The van der Waals surface area contributed by atoms with Crippen LogP contribution in [-0.4, -0.2) is 49.8 Å². The molecule has 0 bridgehead atoms. The highest BCUT2D eigenvalue weighted by Gasteiger charge is 2.23. The molecule has 2 heterocycles. The van der Waals surface area contributed by atoms with Crippen molar-refractivity contribution in [3.05, 3.63) is 22.7 Å². The van der Waals surface area contributed by atoms with Crippen LogP contribution in [0.2, 0.25) is 5.02 Å². The van der Waals surface area contributed by atoms with Crippen molar-refractivity contribution >= 4 is 17.5 Å². The Bertz CT molecular complexity index is 549. The number of hydrogen-bond donors (Lipinski definition) is 0. The number of fused-ring (bicyclic) bond motifs is 1. The molecule has 2 aliphatic rings. The molecule has 3 rings (SSSR count). The molecule has 0 radical (unpaired) electrons. The summed E-state index contributed by atoms with van der Waals surface area (Å²) in [5.41, 5.74) is 0.841. The molecule has 0 aliphatic carbocycles. The van der Waals surface area contributed by atoms with Crippen LogP contribution >= 0.6 is 11.6 Å². The van der Waals surface area contributed by atoms with Crippen molar-refractivity contribution in [1.29, 1.82) is 0 Å². The highest BCUT2D eigenvalue weighted by Crippen LogP contribution is 2.38. The van der Waals surface area contributed by atoms with E-state index in [0.717, 1.165) is 5.56 Å². The number of amides is 1. The normalized spacial score (nSPS) is 21.2. The molecular weight excluding hydrogens is 294 g/mol. The maximum Gasteiger partial charge on any atom is 0.227 e. The third-order valence-electron chi connectivity index (χ3n) is 3.61. The number of benzene rings is 1. The van der Waals surface area contributed by atoms with Crippen molar-refractivity contribution in [2.45, 2.75) is 19.4 Å². The highest BCUT2D eigenvalue weighted by atomic mass is 35.5. The molecule has 0 N–H and O–H groups in total. The maximum absolute atomic E-state index is 12.3. The van der Waals surface area contributed by atoms with Gasteiger partial charge in [0, 0.05) is 13.1 Å². The van der Waals surface area contributed by atoms with E-state index in [1.807, 2.05) is 17.9 Å². The molecule has 2 aliphatic heterocycles. The monoisotopic (exact) mass is 311 g/mol. The van der Waals surface area contributed by atoms with E-state index >= 15 is 0 Å². The average Bonchev–Trinajstić information content (AvgIpc) is 2.47. The van der Waals surface area contributed by atoms with E-state index in [-0.39, 0.29) is 12.0 Å². The van der Waals surface area contributed by atoms with E-state index in [9.17, 15) is 4.79 Å². The first-order valence-corrected chi connectivity index (χ1v) is 7.48. The Morgan fingerprint density at radius 2 is 2.14 bits per heavy atom. The smallest absolute Gasteiger partial charge is 0.227 e. The second-order valence-corrected chi connectivity index (χ2v) is 5.71. The third kappa shape index (κ3) is 3.24. The molecule has 1 aromatic rings. The lowest BCUT2D eigenvalue weighted by Crippen LogP contribution is -2.45. The number of carbonyl (C=O) groups is 1. The summed E-state index contributed by atoms with van der Waals surface area (Å²) in [6.07, 6.45) is 0.398. The lowest BCUT2D eigenvalue weighted by atomic mass is 10.1. The highest BCUT2D eigenvalue weighted by molar-refractivity contribution is 6.32. The number of carbonyl (C=O) groups excluding carboxylic acids is 1. The van der Waals surface area contributed by atoms with E-state index in [1.165, 1.54) is 0 Å². The zero-order valence-electron chi connectivity index (χ0n) is 11.9. The van der Waals surface area contributed by atoms with Crippen molar-refractivity contribution < 1.29 is 19.0 Å². The van der Waals surface area contributed by atoms with Crippen molar-refractivity contribution in [3.8, 4) is 11.5 Å². The van der Waals surface area contributed by atoms with Crippen LogP contribution in [0.4, 0.5) is 0 Å². The Labute approximate surface area is 128 Å². The van der Waals surface area contributed by atoms with Gasteiger partial charge in [0.15, 0.2) is 11.5 Å². The van der Waals surface area contributed by atoms with Gasteiger partial charge in [0.25, 0.3) is 0 Å². The first kappa shape index (κ1) is 14.5. The summed E-state index contributed by atoms with van der Waals surface area (Å²) >= 11 is 6.19. The zero-order valence-corrected chi connectivity index (χ0v) is 12.7. The molecule has 0 unspecified atom stereocenters. The molecule has 6 heteroatoms. The predicted molar refractivity (Wildman–Crippen MR) is 78.1 cm³/mol. The van der Waals surface area contributed by atoms with Gasteiger partial charge in [-0.15, -0.1) is 0 Å². The Morgan fingerprint density at radius 3 is 2.95 bits per heavy atom. The van der Waals surface area contributed by atoms with Gasteiger partial charge < -0.3 is 19.1 Å². The SMILES string of the molecule is C[C@@H]1CN(C(=O)Cc2cc(Cl)c3c(c2)OCCO3)CCO1. The molecule has 1 atom stereocenters. The summed E-state index contributed by atoms with van der Waals surface area (Å²) in [6.45, 7) is 4.84. The molecule has 5 nitrogen and oxygen atoms in total. The fourth-order valence-corrected chi connectivity index (χ4v) is 2.89. The topological polar surface area (TPSA) is 48.0 Å². The van der Waals surface area contributed by atoms with Gasteiger partial charge in [0.1, 0.15) is 13.2 Å². The summed E-state index contributed by atoms with van der Waals surface area (Å²) in [7, 11) is 0. The number of hydrogen-bond acceptors (Lipinski definition) is 4. The second kappa shape index (κ2) is 6.12. The molecule has 1 aromatic carbocycles. The fraction of sp³-hybridized carbons (Fsp3) is 0.533. The van der Waals surface area contributed by atoms with Gasteiger partial charge in [-0.05, 0) is 24.6 Å². The minimum Gasteiger partial charge on any atom is -0.486 e. The van der Waals surface area contributed by atoms with Crippen molar-refractivity contribution in [2.24, 2.45) is 0 Å². The fourth-order valence-electron chi connectivity index (χ4n) is 2.60. The standard InChI is InChI=1S/C15H18ClNO4/c1-10-9-17(2-3-19-10)14(18)8-11-6-12(16)15-13(7-11)20-4-5-21-15/h6-7,10H,2-5,8-9H2,1H3/t10-/m1/s1. The van der Waals surface area contributed by atoms with Gasteiger partial charge in [0.05, 0.1) is 24.2 Å². The number of halogens is 1. The lowest BCUT2D eigenvalue weighted by molar-refractivity contribution is -0.137. The van der Waals surface area contributed by atoms with Crippen molar-refractivity contribution in [3.63, 3.8) is 0 Å². The molecule has 0 saturated carbocycles. The van der Waals surface area contributed by atoms with Crippen LogP contribution in [0.3, 0.4) is 0 Å². The van der Waals surface area contributed by atoms with E-state index in [1.54, 1.807) is 6.07 Å². The van der Waals surface area contributed by atoms with Gasteiger partial charge in [-0.2, -0.15) is 0 Å². The molecule has 1 saturated heterocycles. The summed E-state index contributed by atoms with van der Waals surface area (Å²) < 4.78 is 16.5. The first-order valence-electron chi connectivity index (χ1n) is 7.11. The summed E-state index contributed by atoms with van der Waals surface area (Å²) in [5, 5.41) is 0.491. The van der Waals surface area contributed by atoms with Gasteiger partial charge in [-0.3, -0.25) is 4.79 Å². The zero-order chi connectivity index (χ0) is 14.8. The Morgan fingerprint density at radius 1 is 1.33 bits per heavy atom. The molecule has 1 fully saturated rings. The summed E-state index contributed by atoms with van der Waals surface area (Å²) in [4.78, 5) is 14.2. The van der Waals surface area contributed by atoms with Crippen LogP contribution < -0.4 is 9.47 Å². The summed E-state index contributed by atoms with van der Waals surface area (Å²) in [6, 6.07) is 3.61. The molecule has 0 spiro atoms. The third-order valence-corrected chi connectivity index (χ3v) is 3.89. The first-order chi connectivity index (χ1) is 10.1. The average molecular weight is 312 g/mol. The van der Waals surface area contributed by atoms with Crippen LogP contribution in [0.15, 0.2) is 12.1 Å². The molecule has 1 amide bonds. The number of morpholine rings is 1. The van der Waals surface area contributed by atoms with E-state index in [4.69, 9.17) is 25.8 Å². The van der Waals surface area contributed by atoms with Gasteiger partial charge in [0.2, 0.25) is 5.91 Å². The predicted octanol–water partition coefficient (Wildman–Crippen LogP) is 1.90. The molecule has 114 valence electrons. The Balaban J connectivity index is 1.72. The van der Waals surface area contributed by atoms with Crippen LogP contribution in [0.1, 0.15) is 12.5 Å². The minimum absolute atomic E-state index is 0.0814. The van der Waals surface area contributed by atoms with Crippen LogP contribution in [0.5, 0.6) is 11.5 Å². The van der Waals surface area contributed by atoms with Crippen molar-refractivity contribution in [2.75, 3.05) is 32.9 Å². The van der Waals surface area contributed by atoms with E-state index < -0.39 is 0 Å². The molecular formula is C15H18ClNO4.